The molecule has 116 valence electrons. The molecular formula is C15H27NO4. The van der Waals surface area contributed by atoms with Crippen LogP contribution in [0.5, 0.6) is 0 Å². The fourth-order valence-corrected chi connectivity index (χ4v) is 2.96. The van der Waals surface area contributed by atoms with Crippen LogP contribution in [0.3, 0.4) is 0 Å². The topological polar surface area (TPSA) is 86.6 Å². The number of amides is 1. The second kappa shape index (κ2) is 7.07. The molecule has 0 spiro atoms. The van der Waals surface area contributed by atoms with Crippen molar-refractivity contribution in [1.29, 1.82) is 0 Å². The van der Waals surface area contributed by atoms with Gasteiger partial charge in [-0.3, -0.25) is 9.59 Å². The average Bonchev–Trinajstić information content (AvgIpc) is 2.76. The van der Waals surface area contributed by atoms with Crippen molar-refractivity contribution in [2.75, 3.05) is 13.2 Å². The predicted octanol–water partition coefficient (Wildman–Crippen LogP) is 1.65. The van der Waals surface area contributed by atoms with Gasteiger partial charge in [0, 0.05) is 13.2 Å². The number of hydrogen-bond donors (Lipinski definition) is 3. The van der Waals surface area contributed by atoms with Crippen LogP contribution in [-0.2, 0) is 9.59 Å². The number of nitrogens with one attached hydrogen (secondary N) is 1. The number of rotatable bonds is 7. The maximum atomic E-state index is 12.2. The molecule has 0 aliphatic heterocycles. The maximum Gasteiger partial charge on any atom is 0.307 e. The van der Waals surface area contributed by atoms with Gasteiger partial charge in [-0.2, -0.15) is 0 Å². The smallest absolute Gasteiger partial charge is 0.307 e. The molecule has 0 aromatic carbocycles. The summed E-state index contributed by atoms with van der Waals surface area (Å²) >= 11 is 0. The first-order valence-electron chi connectivity index (χ1n) is 7.38. The molecule has 0 heterocycles. The van der Waals surface area contributed by atoms with E-state index < -0.39 is 17.8 Å². The van der Waals surface area contributed by atoms with Crippen molar-refractivity contribution in [3.63, 3.8) is 0 Å². The molecular weight excluding hydrogens is 258 g/mol. The molecule has 20 heavy (non-hydrogen) atoms. The molecule has 1 amide bonds. The normalized spacial score (nSPS) is 26.5. The number of hydrogen-bond acceptors (Lipinski definition) is 3. The van der Waals surface area contributed by atoms with Gasteiger partial charge < -0.3 is 15.5 Å². The predicted molar refractivity (Wildman–Crippen MR) is 76.1 cm³/mol. The van der Waals surface area contributed by atoms with Gasteiger partial charge in [0.15, 0.2) is 0 Å². The van der Waals surface area contributed by atoms with Gasteiger partial charge in [0.2, 0.25) is 5.91 Å². The molecule has 1 fully saturated rings. The minimum atomic E-state index is -0.867. The number of aliphatic hydroxyl groups excluding tert-OH is 1. The Bertz CT molecular complexity index is 354. The summed E-state index contributed by atoms with van der Waals surface area (Å²) < 4.78 is 0. The number of carbonyl (C=O) groups is 2. The number of carboxylic acids is 1. The lowest BCUT2D eigenvalue weighted by molar-refractivity contribution is -0.146. The zero-order valence-corrected chi connectivity index (χ0v) is 12.7. The zero-order valence-electron chi connectivity index (χ0n) is 12.7. The Kier molecular flexibility index (Phi) is 5.99. The van der Waals surface area contributed by atoms with Crippen molar-refractivity contribution >= 4 is 11.9 Å². The third kappa shape index (κ3) is 4.78. The number of aliphatic carboxylic acids is 1. The fraction of sp³-hybridized carbons (Fsp3) is 0.867. The minimum absolute atomic E-state index is 0.0820. The van der Waals surface area contributed by atoms with Crippen molar-refractivity contribution in [2.45, 2.75) is 46.5 Å². The van der Waals surface area contributed by atoms with Gasteiger partial charge in [-0.1, -0.05) is 20.8 Å². The summed E-state index contributed by atoms with van der Waals surface area (Å²) in [6.45, 7) is 6.74. The lowest BCUT2D eigenvalue weighted by atomic mass is 9.87. The van der Waals surface area contributed by atoms with Crippen LogP contribution in [0.4, 0.5) is 0 Å². The second-order valence-electron chi connectivity index (χ2n) is 6.84. The summed E-state index contributed by atoms with van der Waals surface area (Å²) in [5.74, 6) is -1.68. The van der Waals surface area contributed by atoms with Crippen LogP contribution >= 0.6 is 0 Å². The SMILES string of the molecule is CC1CC(C(=O)O)C(C(=O)NCC(C)(C)CCCO)C1. The molecule has 1 aliphatic carbocycles. The largest absolute Gasteiger partial charge is 0.481 e. The summed E-state index contributed by atoms with van der Waals surface area (Å²) in [7, 11) is 0. The van der Waals surface area contributed by atoms with E-state index in [1.54, 1.807) is 0 Å². The van der Waals surface area contributed by atoms with E-state index >= 15 is 0 Å². The van der Waals surface area contributed by atoms with E-state index in [0.717, 1.165) is 6.42 Å². The van der Waals surface area contributed by atoms with Crippen molar-refractivity contribution < 1.29 is 19.8 Å². The quantitative estimate of drug-likeness (QED) is 0.664. The molecule has 0 aromatic heterocycles. The monoisotopic (exact) mass is 285 g/mol. The maximum absolute atomic E-state index is 12.2. The molecule has 0 bridgehead atoms. The molecule has 3 atom stereocenters. The molecule has 1 rings (SSSR count). The second-order valence-corrected chi connectivity index (χ2v) is 6.84. The number of aliphatic hydroxyl groups is 1. The highest BCUT2D eigenvalue weighted by atomic mass is 16.4. The van der Waals surface area contributed by atoms with Gasteiger partial charge in [-0.05, 0) is 37.0 Å². The minimum Gasteiger partial charge on any atom is -0.481 e. The highest BCUT2D eigenvalue weighted by Crippen LogP contribution is 2.36. The summed E-state index contributed by atoms with van der Waals surface area (Å²) in [6, 6.07) is 0. The Morgan fingerprint density at radius 1 is 1.25 bits per heavy atom. The first-order valence-corrected chi connectivity index (χ1v) is 7.38. The summed E-state index contributed by atoms with van der Waals surface area (Å²) in [4.78, 5) is 23.4. The van der Waals surface area contributed by atoms with Gasteiger partial charge >= 0.3 is 5.97 Å². The Hall–Kier alpha value is -1.10. The van der Waals surface area contributed by atoms with E-state index in [0.29, 0.717) is 25.8 Å². The molecule has 0 saturated heterocycles. The van der Waals surface area contributed by atoms with E-state index in [1.165, 1.54) is 0 Å². The first kappa shape index (κ1) is 17.0. The van der Waals surface area contributed by atoms with Crippen LogP contribution in [0.2, 0.25) is 0 Å². The molecule has 1 aliphatic rings. The van der Waals surface area contributed by atoms with Crippen LogP contribution in [0.1, 0.15) is 46.5 Å². The molecule has 5 heteroatoms. The van der Waals surface area contributed by atoms with Gasteiger partial charge in [0.05, 0.1) is 11.8 Å². The molecule has 0 radical (unpaired) electrons. The average molecular weight is 285 g/mol. The van der Waals surface area contributed by atoms with Crippen molar-refractivity contribution in [2.24, 2.45) is 23.2 Å². The van der Waals surface area contributed by atoms with Crippen molar-refractivity contribution in [3.05, 3.63) is 0 Å². The first-order chi connectivity index (χ1) is 9.26. The highest BCUT2D eigenvalue weighted by Gasteiger charge is 2.41. The standard InChI is InChI=1S/C15H27NO4/c1-10-7-11(12(8-10)14(19)20)13(18)16-9-15(2,3)5-4-6-17/h10-12,17H,4-9H2,1-3H3,(H,16,18)(H,19,20). The van der Waals surface area contributed by atoms with Gasteiger partial charge in [-0.15, -0.1) is 0 Å². The third-order valence-electron chi connectivity index (χ3n) is 4.21. The van der Waals surface area contributed by atoms with Crippen LogP contribution in [0, 0.1) is 23.2 Å². The number of carbonyl (C=O) groups excluding carboxylic acids is 1. The van der Waals surface area contributed by atoms with Crippen LogP contribution in [0.25, 0.3) is 0 Å². The Morgan fingerprint density at radius 3 is 2.40 bits per heavy atom. The Morgan fingerprint density at radius 2 is 1.85 bits per heavy atom. The molecule has 5 nitrogen and oxygen atoms in total. The molecule has 3 unspecified atom stereocenters. The van der Waals surface area contributed by atoms with Gasteiger partial charge in [0.1, 0.15) is 0 Å². The summed E-state index contributed by atoms with van der Waals surface area (Å²) in [6.07, 6.45) is 2.77. The molecule has 0 aromatic rings. The lowest BCUT2D eigenvalue weighted by Gasteiger charge is -2.26. The fourth-order valence-electron chi connectivity index (χ4n) is 2.96. The van der Waals surface area contributed by atoms with Crippen LogP contribution < -0.4 is 5.32 Å². The molecule has 3 N–H and O–H groups in total. The van der Waals surface area contributed by atoms with Gasteiger partial charge in [-0.25, -0.2) is 0 Å². The van der Waals surface area contributed by atoms with Crippen molar-refractivity contribution in [1.82, 2.24) is 5.32 Å². The third-order valence-corrected chi connectivity index (χ3v) is 4.21. The van der Waals surface area contributed by atoms with E-state index in [1.807, 2.05) is 20.8 Å². The van der Waals surface area contributed by atoms with Gasteiger partial charge in [0.25, 0.3) is 0 Å². The summed E-state index contributed by atoms with van der Waals surface area (Å²) in [5, 5.41) is 20.9. The lowest BCUT2D eigenvalue weighted by Crippen LogP contribution is -2.40. The van der Waals surface area contributed by atoms with E-state index in [9.17, 15) is 14.7 Å². The molecule has 1 saturated carbocycles. The van der Waals surface area contributed by atoms with Crippen molar-refractivity contribution in [3.8, 4) is 0 Å². The Labute approximate surface area is 120 Å². The number of carboxylic acid groups (broad SMARTS) is 1. The van der Waals surface area contributed by atoms with Crippen LogP contribution in [0.15, 0.2) is 0 Å². The summed E-state index contributed by atoms with van der Waals surface area (Å²) in [5.41, 5.74) is -0.0820. The van der Waals surface area contributed by atoms with E-state index in [-0.39, 0.29) is 23.8 Å². The Balaban J connectivity index is 2.51. The van der Waals surface area contributed by atoms with Crippen LogP contribution in [-0.4, -0.2) is 35.2 Å². The highest BCUT2D eigenvalue weighted by molar-refractivity contribution is 5.85. The zero-order chi connectivity index (χ0) is 15.3. The van der Waals surface area contributed by atoms with E-state index in [2.05, 4.69) is 5.32 Å². The van der Waals surface area contributed by atoms with E-state index in [4.69, 9.17) is 5.11 Å².